The average molecular weight is 485 g/mol. The number of fused-ring (bicyclic) bond motifs is 2. The second-order valence-corrected chi connectivity index (χ2v) is 8.78. The lowest BCUT2D eigenvalue weighted by atomic mass is 10.1. The Hall–Kier alpha value is -2.77. The SMILES string of the molecule is COc1ccc2c(c1)c(/C=C1\Oc3cc(O)c(Br)cc3C1=O)c(C)n2CCCN(C)C. The van der Waals surface area contributed by atoms with Gasteiger partial charge in [0.25, 0.3) is 0 Å². The number of hydrogen-bond acceptors (Lipinski definition) is 5. The molecule has 0 fully saturated rings. The summed E-state index contributed by atoms with van der Waals surface area (Å²) in [6, 6.07) is 9.05. The molecule has 0 amide bonds. The Morgan fingerprint density at radius 1 is 1.26 bits per heavy atom. The molecule has 3 aromatic rings. The largest absolute Gasteiger partial charge is 0.507 e. The molecule has 31 heavy (non-hydrogen) atoms. The molecule has 1 aliphatic heterocycles. The van der Waals surface area contributed by atoms with Gasteiger partial charge in [-0.2, -0.15) is 0 Å². The monoisotopic (exact) mass is 484 g/mol. The van der Waals surface area contributed by atoms with Gasteiger partial charge in [-0.15, -0.1) is 0 Å². The number of allylic oxidation sites excluding steroid dienone is 1. The van der Waals surface area contributed by atoms with Gasteiger partial charge in [0.2, 0.25) is 5.78 Å². The molecule has 0 saturated heterocycles. The van der Waals surface area contributed by atoms with Gasteiger partial charge in [0.05, 0.1) is 17.1 Å². The third-order valence-electron chi connectivity index (χ3n) is 5.58. The van der Waals surface area contributed by atoms with Crippen LogP contribution < -0.4 is 9.47 Å². The summed E-state index contributed by atoms with van der Waals surface area (Å²) in [4.78, 5) is 15.1. The second-order valence-electron chi connectivity index (χ2n) is 7.93. The quantitative estimate of drug-likeness (QED) is 0.499. The van der Waals surface area contributed by atoms with Gasteiger partial charge in [-0.1, -0.05) is 0 Å². The summed E-state index contributed by atoms with van der Waals surface area (Å²) in [7, 11) is 5.78. The van der Waals surface area contributed by atoms with E-state index >= 15 is 0 Å². The number of aromatic nitrogens is 1. The fraction of sp³-hybridized carbons (Fsp3) is 0.292. The van der Waals surface area contributed by atoms with E-state index in [0.29, 0.717) is 15.8 Å². The molecular formula is C24H25BrN2O4. The zero-order valence-electron chi connectivity index (χ0n) is 18.0. The van der Waals surface area contributed by atoms with Crippen molar-refractivity contribution in [1.82, 2.24) is 9.47 Å². The number of carbonyl (C=O) groups is 1. The number of ether oxygens (including phenoxy) is 2. The van der Waals surface area contributed by atoms with Gasteiger partial charge in [0.1, 0.15) is 17.2 Å². The van der Waals surface area contributed by atoms with Crippen LogP contribution in [-0.2, 0) is 6.54 Å². The maximum Gasteiger partial charge on any atom is 0.232 e. The molecule has 162 valence electrons. The lowest BCUT2D eigenvalue weighted by Gasteiger charge is -2.12. The Morgan fingerprint density at radius 2 is 2.03 bits per heavy atom. The molecule has 0 spiro atoms. The lowest BCUT2D eigenvalue weighted by molar-refractivity contribution is 0.101. The van der Waals surface area contributed by atoms with Crippen LogP contribution in [0.4, 0.5) is 0 Å². The van der Waals surface area contributed by atoms with Crippen LogP contribution in [0.25, 0.3) is 17.0 Å². The van der Waals surface area contributed by atoms with E-state index in [4.69, 9.17) is 9.47 Å². The maximum atomic E-state index is 13.0. The van der Waals surface area contributed by atoms with E-state index in [1.54, 1.807) is 19.3 Å². The average Bonchev–Trinajstić information content (AvgIpc) is 3.17. The van der Waals surface area contributed by atoms with Gasteiger partial charge in [0, 0.05) is 34.8 Å². The first-order chi connectivity index (χ1) is 14.8. The van der Waals surface area contributed by atoms with Gasteiger partial charge >= 0.3 is 0 Å². The predicted octanol–water partition coefficient (Wildman–Crippen LogP) is 4.99. The van der Waals surface area contributed by atoms with Crippen LogP contribution in [0.2, 0.25) is 0 Å². The van der Waals surface area contributed by atoms with Crippen LogP contribution in [0.15, 0.2) is 40.6 Å². The first-order valence-corrected chi connectivity index (χ1v) is 10.9. The van der Waals surface area contributed by atoms with Crippen molar-refractivity contribution < 1.29 is 19.4 Å². The molecule has 0 radical (unpaired) electrons. The smallest absolute Gasteiger partial charge is 0.232 e. The van der Waals surface area contributed by atoms with E-state index in [1.807, 2.05) is 12.1 Å². The molecule has 4 rings (SSSR count). The summed E-state index contributed by atoms with van der Waals surface area (Å²) in [6.07, 6.45) is 2.81. The highest BCUT2D eigenvalue weighted by atomic mass is 79.9. The van der Waals surface area contributed by atoms with Gasteiger partial charge in [-0.05, 0) is 80.3 Å². The summed E-state index contributed by atoms with van der Waals surface area (Å²) in [5, 5.41) is 10.9. The standard InChI is InChI=1S/C24H25BrN2O4/c1-14-16(12-23-24(29)18-11-19(25)21(28)13-22(18)31-23)17-10-15(30-4)6-7-20(17)27(14)9-5-8-26(2)3/h6-7,10-13,28H,5,8-9H2,1-4H3/b23-12-. The number of phenolic OH excluding ortho intramolecular Hbond substituents is 1. The predicted molar refractivity (Wildman–Crippen MR) is 125 cm³/mol. The molecule has 6 nitrogen and oxygen atoms in total. The number of methoxy groups -OCH3 is 1. The molecule has 1 aliphatic rings. The Kier molecular flexibility index (Phi) is 5.81. The van der Waals surface area contributed by atoms with E-state index in [9.17, 15) is 9.90 Å². The minimum atomic E-state index is -0.202. The molecule has 2 aromatic carbocycles. The Bertz CT molecular complexity index is 1210. The number of nitrogens with zero attached hydrogens (tertiary/aromatic N) is 2. The van der Waals surface area contributed by atoms with Crippen molar-refractivity contribution in [3.63, 3.8) is 0 Å². The maximum absolute atomic E-state index is 13.0. The third kappa shape index (κ3) is 3.95. The van der Waals surface area contributed by atoms with Crippen LogP contribution in [0.1, 0.15) is 28.0 Å². The van der Waals surface area contributed by atoms with Crippen molar-refractivity contribution in [1.29, 1.82) is 0 Å². The number of halogens is 1. The summed E-state index contributed by atoms with van der Waals surface area (Å²) >= 11 is 3.26. The van der Waals surface area contributed by atoms with Gasteiger partial charge in [-0.3, -0.25) is 4.79 Å². The van der Waals surface area contributed by atoms with Crippen LogP contribution in [-0.4, -0.2) is 48.1 Å². The van der Waals surface area contributed by atoms with E-state index in [2.05, 4.69) is 52.5 Å². The van der Waals surface area contributed by atoms with E-state index in [-0.39, 0.29) is 17.3 Å². The minimum Gasteiger partial charge on any atom is -0.507 e. The molecule has 7 heteroatoms. The number of rotatable bonds is 6. The molecule has 2 heterocycles. The fourth-order valence-electron chi connectivity index (χ4n) is 3.96. The Morgan fingerprint density at radius 3 is 2.74 bits per heavy atom. The number of hydrogen-bond donors (Lipinski definition) is 1. The van der Waals surface area contributed by atoms with Crippen molar-refractivity contribution in [3.05, 3.63) is 57.4 Å². The fourth-order valence-corrected chi connectivity index (χ4v) is 4.30. The molecule has 0 atom stereocenters. The number of ketones is 1. The number of Topliss-reactive ketones (excluding diaryl/α,β-unsaturated/α-hetero) is 1. The number of phenols is 1. The molecule has 1 N–H and O–H groups in total. The van der Waals surface area contributed by atoms with Gasteiger partial charge in [-0.25, -0.2) is 0 Å². The Balaban J connectivity index is 1.80. The van der Waals surface area contributed by atoms with E-state index in [0.717, 1.165) is 47.4 Å². The zero-order valence-corrected chi connectivity index (χ0v) is 19.6. The molecule has 0 saturated carbocycles. The van der Waals surface area contributed by atoms with Crippen LogP contribution in [0.3, 0.4) is 0 Å². The summed E-state index contributed by atoms with van der Waals surface area (Å²) in [5.74, 6) is 1.19. The number of aromatic hydroxyl groups is 1. The number of carbonyl (C=O) groups excluding carboxylic acids is 1. The van der Waals surface area contributed by atoms with E-state index in [1.165, 1.54) is 6.07 Å². The topological polar surface area (TPSA) is 63.9 Å². The highest BCUT2D eigenvalue weighted by Crippen LogP contribution is 2.40. The second kappa shape index (κ2) is 8.40. The van der Waals surface area contributed by atoms with Crippen LogP contribution in [0.5, 0.6) is 17.2 Å². The molecular weight excluding hydrogens is 460 g/mol. The Labute approximate surface area is 189 Å². The van der Waals surface area contributed by atoms with Crippen molar-refractivity contribution >= 4 is 38.7 Å². The summed E-state index contributed by atoms with van der Waals surface area (Å²) in [5.41, 5.74) is 3.51. The van der Waals surface area contributed by atoms with Gasteiger partial charge in [0.15, 0.2) is 5.76 Å². The summed E-state index contributed by atoms with van der Waals surface area (Å²) in [6.45, 7) is 3.91. The number of benzene rings is 2. The first kappa shape index (κ1) is 21.5. The molecule has 0 unspecified atom stereocenters. The van der Waals surface area contributed by atoms with Crippen molar-refractivity contribution in [2.24, 2.45) is 0 Å². The molecule has 0 aliphatic carbocycles. The summed E-state index contributed by atoms with van der Waals surface area (Å²) < 4.78 is 14.0. The minimum absolute atomic E-state index is 0.0335. The van der Waals surface area contributed by atoms with Crippen molar-refractivity contribution in [2.75, 3.05) is 27.7 Å². The first-order valence-electron chi connectivity index (χ1n) is 10.1. The van der Waals surface area contributed by atoms with Crippen LogP contribution in [0, 0.1) is 6.92 Å². The normalized spacial score (nSPS) is 14.5. The van der Waals surface area contributed by atoms with Crippen LogP contribution >= 0.6 is 15.9 Å². The number of aryl methyl sites for hydroxylation is 1. The van der Waals surface area contributed by atoms with Crippen molar-refractivity contribution in [3.8, 4) is 17.2 Å². The lowest BCUT2D eigenvalue weighted by Crippen LogP contribution is -2.15. The highest BCUT2D eigenvalue weighted by molar-refractivity contribution is 9.10. The highest BCUT2D eigenvalue weighted by Gasteiger charge is 2.29. The molecule has 0 bridgehead atoms. The third-order valence-corrected chi connectivity index (χ3v) is 6.21. The molecule has 1 aromatic heterocycles. The van der Waals surface area contributed by atoms with Gasteiger partial charge < -0.3 is 24.0 Å². The van der Waals surface area contributed by atoms with E-state index < -0.39 is 0 Å². The zero-order chi connectivity index (χ0) is 22.3. The van der Waals surface area contributed by atoms with Crippen molar-refractivity contribution in [2.45, 2.75) is 19.9 Å².